The molecule has 194 valence electrons. The Kier molecular flexibility index (Phi) is 6.22. The molecule has 7 atom stereocenters. The van der Waals surface area contributed by atoms with E-state index in [9.17, 15) is 9.59 Å². The Labute approximate surface area is 225 Å². The highest BCUT2D eigenvalue weighted by molar-refractivity contribution is 6.33. The van der Waals surface area contributed by atoms with Crippen LogP contribution in [0.25, 0.3) is 0 Å². The zero-order chi connectivity index (χ0) is 25.8. The smallest absolute Gasteiger partial charge is 0.246 e. The number of anilines is 1. The number of benzene rings is 2. The molecule has 2 amide bonds. The van der Waals surface area contributed by atoms with E-state index in [1.807, 2.05) is 36.4 Å². The molecule has 0 aromatic heterocycles. The van der Waals surface area contributed by atoms with E-state index < -0.39 is 0 Å². The van der Waals surface area contributed by atoms with Crippen LogP contribution in [-0.4, -0.2) is 22.8 Å². The van der Waals surface area contributed by atoms with Crippen LogP contribution in [0.5, 0.6) is 0 Å². The second-order valence-corrected chi connectivity index (χ2v) is 12.7. The Balaban J connectivity index is 1.23. The van der Waals surface area contributed by atoms with Crippen LogP contribution in [0.4, 0.5) is 5.69 Å². The average molecular weight is 517 g/mol. The van der Waals surface area contributed by atoms with E-state index in [1.165, 1.54) is 5.56 Å². The minimum absolute atomic E-state index is 0.00757. The van der Waals surface area contributed by atoms with Gasteiger partial charge in [-0.1, -0.05) is 74.0 Å². The van der Waals surface area contributed by atoms with Gasteiger partial charge in [0.2, 0.25) is 11.8 Å². The minimum atomic E-state index is -0.0230. The molecule has 3 fully saturated rings. The number of nitrogens with one attached hydrogen (secondary N) is 1. The maximum Gasteiger partial charge on any atom is 0.246 e. The maximum atomic E-state index is 13.5. The molecule has 1 N–H and O–H groups in total. The number of carbonyl (C=O) groups excluding carboxylic acids is 2. The molecule has 2 aromatic rings. The summed E-state index contributed by atoms with van der Waals surface area (Å²) in [6, 6.07) is 18.1. The fourth-order valence-electron chi connectivity index (χ4n) is 8.78. The normalized spacial score (nSPS) is 36.5. The first-order chi connectivity index (χ1) is 17.8. The number of amides is 2. The summed E-state index contributed by atoms with van der Waals surface area (Å²) >= 11 is 6.34. The lowest BCUT2D eigenvalue weighted by Gasteiger charge is -2.60. The number of carbonyl (C=O) groups is 2. The number of rotatable bonds is 4. The second-order valence-electron chi connectivity index (χ2n) is 12.3. The van der Waals surface area contributed by atoms with Gasteiger partial charge in [-0.3, -0.25) is 9.59 Å². The standard InChI is InChI=1S/C32H37ClN2O2/c1-31-18-16-24-22(23(31)13-14-25(31)30(37)34-27-11-7-6-10-26(27)33)12-15-28-32(24,2)19-17-29(36)35(28)20-21-8-4-3-5-9-21/h3-11,17,19,22-25,28H,12-16,18,20H2,1-2H3,(H,34,37)/t22-,23-,24-,25+,28+,31-,32+/m0/s1. The van der Waals surface area contributed by atoms with Crippen LogP contribution in [0.3, 0.4) is 0 Å². The Hall–Kier alpha value is -2.59. The van der Waals surface area contributed by atoms with Gasteiger partial charge in [-0.25, -0.2) is 0 Å². The molecule has 1 heterocycles. The minimum Gasteiger partial charge on any atom is -0.331 e. The van der Waals surface area contributed by atoms with Gasteiger partial charge >= 0.3 is 0 Å². The summed E-state index contributed by atoms with van der Waals surface area (Å²) in [7, 11) is 0. The maximum absolute atomic E-state index is 13.5. The van der Waals surface area contributed by atoms with Gasteiger partial charge in [0.25, 0.3) is 0 Å². The predicted octanol–water partition coefficient (Wildman–Crippen LogP) is 7.10. The lowest BCUT2D eigenvalue weighted by molar-refractivity contribution is -0.144. The lowest BCUT2D eigenvalue weighted by Crippen LogP contribution is -2.60. The highest BCUT2D eigenvalue weighted by atomic mass is 35.5. The third-order valence-electron chi connectivity index (χ3n) is 10.6. The molecule has 37 heavy (non-hydrogen) atoms. The number of para-hydroxylation sites is 1. The zero-order valence-electron chi connectivity index (χ0n) is 21.8. The Morgan fingerprint density at radius 3 is 2.51 bits per heavy atom. The third-order valence-corrected chi connectivity index (χ3v) is 10.9. The summed E-state index contributed by atoms with van der Waals surface area (Å²) < 4.78 is 0. The molecule has 0 radical (unpaired) electrons. The molecule has 0 bridgehead atoms. The molecule has 3 aliphatic carbocycles. The molecule has 4 aliphatic rings. The van der Waals surface area contributed by atoms with E-state index >= 15 is 0 Å². The topological polar surface area (TPSA) is 49.4 Å². The quantitative estimate of drug-likeness (QED) is 0.471. The van der Waals surface area contributed by atoms with Crippen molar-refractivity contribution in [1.82, 2.24) is 4.90 Å². The Morgan fingerprint density at radius 2 is 1.73 bits per heavy atom. The number of fused-ring (bicyclic) bond motifs is 5. The van der Waals surface area contributed by atoms with Crippen molar-refractivity contribution in [3.05, 3.63) is 77.3 Å². The van der Waals surface area contributed by atoms with E-state index in [0.29, 0.717) is 35.0 Å². The summed E-state index contributed by atoms with van der Waals surface area (Å²) in [5, 5.41) is 3.73. The van der Waals surface area contributed by atoms with Gasteiger partial charge in [0.15, 0.2) is 0 Å². The Bertz CT molecular complexity index is 1230. The first kappa shape index (κ1) is 24.7. The third kappa shape index (κ3) is 4.03. The second kappa shape index (κ2) is 9.31. The van der Waals surface area contributed by atoms with Crippen molar-refractivity contribution in [1.29, 1.82) is 0 Å². The summed E-state index contributed by atoms with van der Waals surface area (Å²) in [5.41, 5.74) is 1.88. The van der Waals surface area contributed by atoms with Crippen molar-refractivity contribution in [3.63, 3.8) is 0 Å². The van der Waals surface area contributed by atoms with Crippen molar-refractivity contribution in [2.24, 2.45) is 34.5 Å². The lowest BCUT2D eigenvalue weighted by atomic mass is 9.47. The average Bonchev–Trinajstić information content (AvgIpc) is 3.25. The fraction of sp³-hybridized carbons (Fsp3) is 0.500. The van der Waals surface area contributed by atoms with Crippen molar-refractivity contribution in [2.45, 2.75) is 65.0 Å². The van der Waals surface area contributed by atoms with E-state index in [1.54, 1.807) is 0 Å². The molecule has 0 spiro atoms. The van der Waals surface area contributed by atoms with Gasteiger partial charge in [0.1, 0.15) is 0 Å². The monoisotopic (exact) mass is 516 g/mol. The van der Waals surface area contributed by atoms with Crippen LogP contribution in [0, 0.1) is 34.5 Å². The van der Waals surface area contributed by atoms with E-state index in [2.05, 4.69) is 54.4 Å². The first-order valence-corrected chi connectivity index (χ1v) is 14.3. The van der Waals surface area contributed by atoms with Gasteiger partial charge in [-0.2, -0.15) is 0 Å². The first-order valence-electron chi connectivity index (χ1n) is 13.9. The van der Waals surface area contributed by atoms with Crippen molar-refractivity contribution < 1.29 is 9.59 Å². The van der Waals surface area contributed by atoms with E-state index in [-0.39, 0.29) is 34.6 Å². The summed E-state index contributed by atoms with van der Waals surface area (Å²) in [4.78, 5) is 28.7. The molecule has 2 aromatic carbocycles. The molecule has 4 nitrogen and oxygen atoms in total. The molecular weight excluding hydrogens is 480 g/mol. The largest absolute Gasteiger partial charge is 0.331 e. The number of nitrogens with zero attached hydrogens (tertiary/aromatic N) is 1. The Morgan fingerprint density at radius 1 is 0.973 bits per heavy atom. The highest BCUT2D eigenvalue weighted by Gasteiger charge is 2.61. The molecule has 1 aliphatic heterocycles. The van der Waals surface area contributed by atoms with Crippen LogP contribution < -0.4 is 5.32 Å². The van der Waals surface area contributed by atoms with E-state index in [4.69, 9.17) is 11.6 Å². The highest BCUT2D eigenvalue weighted by Crippen LogP contribution is 2.65. The van der Waals surface area contributed by atoms with Gasteiger partial charge in [0.05, 0.1) is 10.7 Å². The SMILES string of the molecule is C[C@]12C=CC(=O)N(Cc3ccccc3)[C@@H]1CC[C@@H]1[C@@H]2CC[C@]2(C)[C@@H](C(=O)Nc3ccccc3Cl)CC[C@@H]12. The summed E-state index contributed by atoms with van der Waals surface area (Å²) in [6.07, 6.45) is 10.5. The van der Waals surface area contributed by atoms with Gasteiger partial charge < -0.3 is 10.2 Å². The fourth-order valence-corrected chi connectivity index (χ4v) is 8.96. The van der Waals surface area contributed by atoms with Crippen molar-refractivity contribution in [2.75, 3.05) is 5.32 Å². The number of hydrogen-bond acceptors (Lipinski definition) is 2. The molecule has 6 rings (SSSR count). The van der Waals surface area contributed by atoms with Crippen molar-refractivity contribution in [3.8, 4) is 0 Å². The zero-order valence-corrected chi connectivity index (χ0v) is 22.6. The summed E-state index contributed by atoms with van der Waals surface area (Å²) in [5.74, 6) is 1.95. The molecular formula is C32H37ClN2O2. The molecule has 5 heteroatoms. The van der Waals surface area contributed by atoms with E-state index in [0.717, 1.165) is 38.5 Å². The predicted molar refractivity (Wildman–Crippen MR) is 148 cm³/mol. The molecule has 0 unspecified atom stereocenters. The van der Waals surface area contributed by atoms with Crippen LogP contribution in [0.2, 0.25) is 5.02 Å². The van der Waals surface area contributed by atoms with Gasteiger partial charge in [0, 0.05) is 23.9 Å². The van der Waals surface area contributed by atoms with Gasteiger partial charge in [-0.05, 0) is 85.5 Å². The number of hydrogen-bond donors (Lipinski definition) is 1. The summed E-state index contributed by atoms with van der Waals surface area (Å²) in [6.45, 7) is 5.44. The van der Waals surface area contributed by atoms with Crippen LogP contribution in [0.15, 0.2) is 66.7 Å². The van der Waals surface area contributed by atoms with Crippen LogP contribution >= 0.6 is 11.6 Å². The molecule has 3 saturated carbocycles. The molecule has 0 saturated heterocycles. The van der Waals surface area contributed by atoms with Crippen LogP contribution in [-0.2, 0) is 16.1 Å². The van der Waals surface area contributed by atoms with Crippen LogP contribution in [0.1, 0.15) is 57.9 Å². The van der Waals surface area contributed by atoms with Gasteiger partial charge in [-0.15, -0.1) is 0 Å². The van der Waals surface area contributed by atoms with Crippen molar-refractivity contribution >= 4 is 29.1 Å². The number of halogens is 1.